The van der Waals surface area contributed by atoms with E-state index in [9.17, 15) is 4.79 Å². The quantitative estimate of drug-likeness (QED) is 0.588. The molecule has 0 aromatic carbocycles. The molecule has 1 heteroatoms. The summed E-state index contributed by atoms with van der Waals surface area (Å²) in [5, 5.41) is 0. The van der Waals surface area contributed by atoms with Gasteiger partial charge in [0.1, 0.15) is 5.78 Å². The zero-order valence-corrected chi connectivity index (χ0v) is 13.0. The summed E-state index contributed by atoms with van der Waals surface area (Å²) in [5.74, 6) is 5.75. The van der Waals surface area contributed by atoms with Crippen molar-refractivity contribution < 1.29 is 4.79 Å². The standard InChI is InChI=1S/C19H28O/c1-12-11-13-5-3-4-6-14(13)15-9-10-19(2)16(18(12)15)7-8-17(19)20/h3-4,12-16,18H,5-11H2,1-2H3/t12?,13?,14-,15+,16-,18+,19-/m0/s1. The summed E-state index contributed by atoms with van der Waals surface area (Å²) in [5.41, 5.74) is 0.0484. The molecule has 0 N–H and O–H groups in total. The Morgan fingerprint density at radius 1 is 1.15 bits per heavy atom. The fourth-order valence-corrected chi connectivity index (χ4v) is 6.64. The zero-order valence-electron chi connectivity index (χ0n) is 13.0. The molecule has 4 rings (SSSR count). The normalized spacial score (nSPS) is 54.2. The number of hydrogen-bond donors (Lipinski definition) is 0. The van der Waals surface area contributed by atoms with Crippen molar-refractivity contribution in [3.63, 3.8) is 0 Å². The maximum absolute atomic E-state index is 12.4. The van der Waals surface area contributed by atoms with Crippen molar-refractivity contribution in [3.05, 3.63) is 12.2 Å². The lowest BCUT2D eigenvalue weighted by atomic mass is 9.48. The molecule has 0 aromatic rings. The minimum absolute atomic E-state index is 0.0484. The van der Waals surface area contributed by atoms with Crippen molar-refractivity contribution in [2.75, 3.05) is 0 Å². The van der Waals surface area contributed by atoms with E-state index >= 15 is 0 Å². The molecule has 1 nitrogen and oxygen atoms in total. The molecule has 0 aliphatic heterocycles. The zero-order chi connectivity index (χ0) is 13.9. The molecular formula is C19H28O. The van der Waals surface area contributed by atoms with Gasteiger partial charge in [0.25, 0.3) is 0 Å². The summed E-state index contributed by atoms with van der Waals surface area (Å²) in [4.78, 5) is 12.4. The highest BCUT2D eigenvalue weighted by Gasteiger charge is 2.57. The molecule has 0 saturated heterocycles. The van der Waals surface area contributed by atoms with Gasteiger partial charge in [0, 0.05) is 11.8 Å². The van der Waals surface area contributed by atoms with Crippen LogP contribution in [0.5, 0.6) is 0 Å². The number of rotatable bonds is 0. The van der Waals surface area contributed by atoms with Crippen LogP contribution in [0.1, 0.15) is 58.8 Å². The topological polar surface area (TPSA) is 17.1 Å². The Morgan fingerprint density at radius 3 is 2.80 bits per heavy atom. The summed E-state index contributed by atoms with van der Waals surface area (Å²) in [6.45, 7) is 4.78. The molecule has 4 aliphatic rings. The SMILES string of the molecule is CC1CC2CC=CC[C@@H]2[C@H]2CC[C@]3(C)C(=O)CC[C@H]3[C@H]12. The van der Waals surface area contributed by atoms with Crippen molar-refractivity contribution in [2.45, 2.75) is 58.8 Å². The van der Waals surface area contributed by atoms with Crippen molar-refractivity contribution in [1.82, 2.24) is 0 Å². The van der Waals surface area contributed by atoms with Gasteiger partial charge in [0.05, 0.1) is 0 Å². The minimum Gasteiger partial charge on any atom is -0.299 e. The first-order chi connectivity index (χ1) is 9.61. The molecule has 7 atom stereocenters. The Labute approximate surface area is 123 Å². The number of hydrogen-bond acceptors (Lipinski definition) is 1. The monoisotopic (exact) mass is 272 g/mol. The smallest absolute Gasteiger partial charge is 0.139 e. The van der Waals surface area contributed by atoms with Crippen LogP contribution in [0, 0.1) is 40.9 Å². The maximum atomic E-state index is 12.4. The van der Waals surface area contributed by atoms with E-state index in [0.29, 0.717) is 11.7 Å². The van der Waals surface area contributed by atoms with Crippen LogP contribution in [-0.2, 0) is 4.79 Å². The summed E-state index contributed by atoms with van der Waals surface area (Å²) in [6, 6.07) is 0. The largest absolute Gasteiger partial charge is 0.299 e. The van der Waals surface area contributed by atoms with Gasteiger partial charge in [-0.2, -0.15) is 0 Å². The van der Waals surface area contributed by atoms with E-state index < -0.39 is 0 Å². The van der Waals surface area contributed by atoms with Gasteiger partial charge in [-0.3, -0.25) is 4.79 Å². The lowest BCUT2D eigenvalue weighted by Crippen LogP contribution is -2.50. The van der Waals surface area contributed by atoms with Gasteiger partial charge in [0.2, 0.25) is 0 Å². The number of Topliss-reactive ketones (excluding diaryl/α,β-unsaturated/α-hetero) is 1. The van der Waals surface area contributed by atoms with E-state index in [4.69, 9.17) is 0 Å². The van der Waals surface area contributed by atoms with E-state index in [0.717, 1.165) is 36.0 Å². The molecule has 4 aliphatic carbocycles. The first-order valence-corrected chi connectivity index (χ1v) is 8.79. The fourth-order valence-electron chi connectivity index (χ4n) is 6.64. The van der Waals surface area contributed by atoms with Gasteiger partial charge in [-0.1, -0.05) is 26.0 Å². The molecule has 20 heavy (non-hydrogen) atoms. The van der Waals surface area contributed by atoms with Crippen LogP contribution >= 0.6 is 0 Å². The molecule has 0 bridgehead atoms. The van der Waals surface area contributed by atoms with E-state index in [2.05, 4.69) is 26.0 Å². The minimum atomic E-state index is 0.0484. The second kappa shape index (κ2) is 4.45. The van der Waals surface area contributed by atoms with Crippen LogP contribution < -0.4 is 0 Å². The van der Waals surface area contributed by atoms with Gasteiger partial charge in [-0.15, -0.1) is 0 Å². The Morgan fingerprint density at radius 2 is 1.95 bits per heavy atom. The van der Waals surface area contributed by atoms with Crippen LogP contribution in [0.4, 0.5) is 0 Å². The molecular weight excluding hydrogens is 244 g/mol. The van der Waals surface area contributed by atoms with E-state index in [-0.39, 0.29) is 5.41 Å². The van der Waals surface area contributed by atoms with Crippen LogP contribution in [0.2, 0.25) is 0 Å². The summed E-state index contributed by atoms with van der Waals surface area (Å²) >= 11 is 0. The molecule has 3 saturated carbocycles. The van der Waals surface area contributed by atoms with Gasteiger partial charge in [0.15, 0.2) is 0 Å². The summed E-state index contributed by atoms with van der Waals surface area (Å²) in [6.07, 6.45) is 13.5. The van der Waals surface area contributed by atoms with Crippen LogP contribution in [0.3, 0.4) is 0 Å². The third kappa shape index (κ3) is 1.64. The Kier molecular flexibility index (Phi) is 2.91. The molecule has 0 radical (unpaired) electrons. The Bertz CT molecular complexity index is 451. The summed E-state index contributed by atoms with van der Waals surface area (Å²) in [7, 11) is 0. The molecule has 0 aromatic heterocycles. The molecule has 3 fully saturated rings. The Hall–Kier alpha value is -0.590. The van der Waals surface area contributed by atoms with Crippen LogP contribution in [0.25, 0.3) is 0 Å². The van der Waals surface area contributed by atoms with Crippen LogP contribution in [0.15, 0.2) is 12.2 Å². The molecule has 0 heterocycles. The first-order valence-electron chi connectivity index (χ1n) is 8.79. The van der Waals surface area contributed by atoms with Crippen molar-refractivity contribution in [2.24, 2.45) is 40.9 Å². The lowest BCUT2D eigenvalue weighted by Gasteiger charge is -2.56. The molecule has 0 spiro atoms. The lowest BCUT2D eigenvalue weighted by molar-refractivity contribution is -0.134. The number of carbonyl (C=O) groups is 1. The number of fused-ring (bicyclic) bond motifs is 5. The third-order valence-corrected chi connectivity index (χ3v) is 7.59. The molecule has 110 valence electrons. The highest BCUT2D eigenvalue weighted by molar-refractivity contribution is 5.87. The van der Waals surface area contributed by atoms with Crippen molar-refractivity contribution in [3.8, 4) is 0 Å². The van der Waals surface area contributed by atoms with Gasteiger partial charge in [-0.25, -0.2) is 0 Å². The highest BCUT2D eigenvalue weighted by atomic mass is 16.1. The van der Waals surface area contributed by atoms with Gasteiger partial charge in [-0.05, 0) is 74.0 Å². The number of ketones is 1. The molecule has 2 unspecified atom stereocenters. The second-order valence-electron chi connectivity index (χ2n) is 8.35. The second-order valence-corrected chi connectivity index (χ2v) is 8.35. The van der Waals surface area contributed by atoms with Crippen LogP contribution in [-0.4, -0.2) is 5.78 Å². The average Bonchev–Trinajstić information content (AvgIpc) is 2.75. The number of carbonyl (C=O) groups excluding carboxylic acids is 1. The third-order valence-electron chi connectivity index (χ3n) is 7.59. The average molecular weight is 272 g/mol. The van der Waals surface area contributed by atoms with E-state index in [1.165, 1.54) is 38.5 Å². The fraction of sp³-hybridized carbons (Fsp3) is 0.842. The Balaban J connectivity index is 1.67. The maximum Gasteiger partial charge on any atom is 0.139 e. The first kappa shape index (κ1) is 13.1. The van der Waals surface area contributed by atoms with Crippen molar-refractivity contribution in [1.29, 1.82) is 0 Å². The highest BCUT2D eigenvalue weighted by Crippen LogP contribution is 2.62. The van der Waals surface area contributed by atoms with E-state index in [1.54, 1.807) is 0 Å². The van der Waals surface area contributed by atoms with Gasteiger partial charge >= 0.3 is 0 Å². The summed E-state index contributed by atoms with van der Waals surface area (Å²) < 4.78 is 0. The van der Waals surface area contributed by atoms with Gasteiger partial charge < -0.3 is 0 Å². The predicted molar refractivity (Wildman–Crippen MR) is 81.2 cm³/mol. The number of allylic oxidation sites excluding steroid dienone is 2. The predicted octanol–water partition coefficient (Wildman–Crippen LogP) is 4.62. The van der Waals surface area contributed by atoms with Crippen molar-refractivity contribution >= 4 is 5.78 Å². The van der Waals surface area contributed by atoms with E-state index in [1.807, 2.05) is 0 Å². The molecule has 0 amide bonds.